The lowest BCUT2D eigenvalue weighted by atomic mass is 9.85. The van der Waals surface area contributed by atoms with E-state index in [0.717, 1.165) is 49.1 Å². The van der Waals surface area contributed by atoms with Gasteiger partial charge in [0.15, 0.2) is 0 Å². The zero-order chi connectivity index (χ0) is 19.6. The van der Waals surface area contributed by atoms with Gasteiger partial charge in [0.25, 0.3) is 0 Å². The van der Waals surface area contributed by atoms with Gasteiger partial charge >= 0.3 is 6.09 Å². The van der Waals surface area contributed by atoms with E-state index >= 15 is 0 Å². The second-order valence-electron chi connectivity index (χ2n) is 7.65. The number of rotatable bonds is 4. The van der Waals surface area contributed by atoms with Crippen LogP contribution in [-0.2, 0) is 11.2 Å². The topological polar surface area (TPSA) is 70.1 Å². The summed E-state index contributed by atoms with van der Waals surface area (Å²) in [5, 5.41) is 9.19. The third-order valence-corrected chi connectivity index (χ3v) is 5.77. The molecule has 2 heterocycles. The number of benzene rings is 1. The lowest BCUT2D eigenvalue weighted by Gasteiger charge is -2.37. The highest BCUT2D eigenvalue weighted by Crippen LogP contribution is 2.43. The van der Waals surface area contributed by atoms with E-state index in [1.807, 2.05) is 4.90 Å². The predicted molar refractivity (Wildman–Crippen MR) is 105 cm³/mol. The normalized spacial score (nSPS) is 20.3. The smallest absolute Gasteiger partial charge is 0.407 e. The van der Waals surface area contributed by atoms with Gasteiger partial charge in [0.05, 0.1) is 12.3 Å². The molecule has 1 saturated heterocycles. The zero-order valence-corrected chi connectivity index (χ0v) is 16.5. The predicted octanol–water partition coefficient (Wildman–Crippen LogP) is 4.02. The number of ether oxygens (including phenoxy) is 1. The molecular weight excluding hydrogens is 344 g/mol. The van der Waals surface area contributed by atoms with Crippen molar-refractivity contribution in [2.45, 2.75) is 64.8 Å². The maximum atomic E-state index is 12.2. The van der Waals surface area contributed by atoms with Crippen molar-refractivity contribution < 1.29 is 19.4 Å². The van der Waals surface area contributed by atoms with Gasteiger partial charge in [0.1, 0.15) is 5.75 Å². The van der Waals surface area contributed by atoms with Crippen LogP contribution in [0.25, 0.3) is 0 Å². The standard InChI is InChI=1S/C21H30N2O4/c1-4-13-27-20-17(16-9-11-22(12-10-16)21(25)26)7-8-19-18(20)6-5-14(2)23(19)15(3)24/h7-8,14,16H,4-6,9-13H2,1-3H3,(H,25,26)/t14-/m0/s1. The highest BCUT2D eigenvalue weighted by atomic mass is 16.5. The van der Waals surface area contributed by atoms with Crippen LogP contribution in [0.3, 0.4) is 0 Å². The summed E-state index contributed by atoms with van der Waals surface area (Å²) in [6.45, 7) is 7.55. The Labute approximate surface area is 161 Å². The Kier molecular flexibility index (Phi) is 5.92. The van der Waals surface area contributed by atoms with E-state index in [1.165, 1.54) is 10.5 Å². The summed E-state index contributed by atoms with van der Waals surface area (Å²) in [4.78, 5) is 26.8. The number of hydrogen-bond donors (Lipinski definition) is 1. The van der Waals surface area contributed by atoms with E-state index in [4.69, 9.17) is 4.74 Å². The Balaban J connectivity index is 1.95. The molecule has 1 N–H and O–H groups in total. The van der Waals surface area contributed by atoms with Gasteiger partial charge in [-0.1, -0.05) is 13.0 Å². The first kappa shape index (κ1) is 19.5. The van der Waals surface area contributed by atoms with Gasteiger partial charge in [-0.25, -0.2) is 4.79 Å². The molecule has 0 radical (unpaired) electrons. The van der Waals surface area contributed by atoms with Crippen molar-refractivity contribution in [2.24, 2.45) is 0 Å². The fourth-order valence-corrected chi connectivity index (χ4v) is 4.38. The van der Waals surface area contributed by atoms with Crippen molar-refractivity contribution >= 4 is 17.7 Å². The number of hydrogen-bond acceptors (Lipinski definition) is 3. The number of piperidine rings is 1. The molecule has 2 amide bonds. The minimum atomic E-state index is -0.840. The van der Waals surface area contributed by atoms with Gasteiger partial charge in [-0.15, -0.1) is 0 Å². The van der Waals surface area contributed by atoms with Crippen LogP contribution < -0.4 is 9.64 Å². The molecule has 27 heavy (non-hydrogen) atoms. The molecule has 1 aromatic carbocycles. The van der Waals surface area contributed by atoms with Crippen molar-refractivity contribution in [1.29, 1.82) is 0 Å². The number of carboxylic acid groups (broad SMARTS) is 1. The van der Waals surface area contributed by atoms with E-state index in [-0.39, 0.29) is 11.9 Å². The Morgan fingerprint density at radius 1 is 1.22 bits per heavy atom. The Morgan fingerprint density at radius 3 is 2.52 bits per heavy atom. The van der Waals surface area contributed by atoms with Gasteiger partial charge in [0, 0.05) is 31.6 Å². The second-order valence-corrected chi connectivity index (χ2v) is 7.65. The molecule has 1 aromatic rings. The van der Waals surface area contributed by atoms with Crippen molar-refractivity contribution in [3.8, 4) is 5.75 Å². The van der Waals surface area contributed by atoms with Crippen molar-refractivity contribution in [1.82, 2.24) is 4.90 Å². The van der Waals surface area contributed by atoms with Crippen LogP contribution >= 0.6 is 0 Å². The van der Waals surface area contributed by atoms with Crippen molar-refractivity contribution in [2.75, 3.05) is 24.6 Å². The van der Waals surface area contributed by atoms with Gasteiger partial charge < -0.3 is 19.6 Å². The van der Waals surface area contributed by atoms with Crippen LogP contribution in [0.15, 0.2) is 12.1 Å². The highest BCUT2D eigenvalue weighted by Gasteiger charge is 2.32. The van der Waals surface area contributed by atoms with E-state index in [2.05, 4.69) is 26.0 Å². The molecule has 0 saturated carbocycles. The van der Waals surface area contributed by atoms with Gasteiger partial charge in [-0.2, -0.15) is 0 Å². The summed E-state index contributed by atoms with van der Waals surface area (Å²) in [5.41, 5.74) is 3.28. The molecular formula is C21H30N2O4. The minimum absolute atomic E-state index is 0.0624. The van der Waals surface area contributed by atoms with Gasteiger partial charge in [-0.3, -0.25) is 4.79 Å². The maximum Gasteiger partial charge on any atom is 0.407 e. The SMILES string of the molecule is CCCOc1c(C2CCN(C(=O)O)CC2)ccc2c1CC[C@H](C)N2C(C)=O. The second kappa shape index (κ2) is 8.19. The van der Waals surface area contributed by atoms with Crippen molar-refractivity contribution in [3.05, 3.63) is 23.3 Å². The van der Waals surface area contributed by atoms with Crippen LogP contribution in [0.1, 0.15) is 63.5 Å². The molecule has 1 fully saturated rings. The summed E-state index contributed by atoms with van der Waals surface area (Å²) < 4.78 is 6.21. The average Bonchev–Trinajstić information content (AvgIpc) is 2.65. The molecule has 1 atom stereocenters. The Hall–Kier alpha value is -2.24. The number of carbonyl (C=O) groups excluding carboxylic acids is 1. The molecule has 6 heteroatoms. The lowest BCUT2D eigenvalue weighted by Crippen LogP contribution is -2.41. The van der Waals surface area contributed by atoms with E-state index < -0.39 is 6.09 Å². The summed E-state index contributed by atoms with van der Waals surface area (Å²) in [7, 11) is 0. The number of nitrogens with zero attached hydrogens (tertiary/aromatic N) is 2. The van der Waals surface area contributed by atoms with Gasteiger partial charge in [0.2, 0.25) is 5.91 Å². The molecule has 2 aliphatic heterocycles. The quantitative estimate of drug-likeness (QED) is 0.864. The molecule has 0 unspecified atom stereocenters. The molecule has 6 nitrogen and oxygen atoms in total. The minimum Gasteiger partial charge on any atom is -0.493 e. The first-order chi connectivity index (χ1) is 12.9. The fourth-order valence-electron chi connectivity index (χ4n) is 4.38. The van der Waals surface area contributed by atoms with Crippen LogP contribution in [0.4, 0.5) is 10.5 Å². The maximum absolute atomic E-state index is 12.2. The average molecular weight is 374 g/mol. The number of fused-ring (bicyclic) bond motifs is 1. The first-order valence-electron chi connectivity index (χ1n) is 10.00. The summed E-state index contributed by atoms with van der Waals surface area (Å²) >= 11 is 0. The fraction of sp³-hybridized carbons (Fsp3) is 0.619. The van der Waals surface area contributed by atoms with Crippen LogP contribution in [0.5, 0.6) is 5.75 Å². The van der Waals surface area contributed by atoms with Crippen LogP contribution in [-0.4, -0.2) is 47.7 Å². The third kappa shape index (κ3) is 3.89. The van der Waals surface area contributed by atoms with E-state index in [1.54, 1.807) is 6.92 Å². The third-order valence-electron chi connectivity index (χ3n) is 5.77. The molecule has 0 bridgehead atoms. The van der Waals surface area contributed by atoms with Gasteiger partial charge in [-0.05, 0) is 56.6 Å². The lowest BCUT2D eigenvalue weighted by molar-refractivity contribution is -0.117. The highest BCUT2D eigenvalue weighted by molar-refractivity contribution is 5.94. The molecule has 3 rings (SSSR count). The molecule has 0 aromatic heterocycles. The number of likely N-dealkylation sites (tertiary alicyclic amines) is 1. The number of anilines is 1. The molecule has 148 valence electrons. The zero-order valence-electron chi connectivity index (χ0n) is 16.5. The monoisotopic (exact) mass is 374 g/mol. The molecule has 0 aliphatic carbocycles. The molecule has 2 aliphatic rings. The number of amides is 2. The van der Waals surface area contributed by atoms with E-state index in [0.29, 0.717) is 25.6 Å². The van der Waals surface area contributed by atoms with Crippen molar-refractivity contribution in [3.63, 3.8) is 0 Å². The number of carbonyl (C=O) groups is 2. The van der Waals surface area contributed by atoms with E-state index in [9.17, 15) is 14.7 Å². The molecule has 0 spiro atoms. The Bertz CT molecular complexity index is 710. The first-order valence-corrected chi connectivity index (χ1v) is 10.00. The van der Waals surface area contributed by atoms with Crippen LogP contribution in [0, 0.1) is 0 Å². The Morgan fingerprint density at radius 2 is 1.93 bits per heavy atom. The van der Waals surface area contributed by atoms with Crippen LogP contribution in [0.2, 0.25) is 0 Å². The largest absolute Gasteiger partial charge is 0.493 e. The summed E-state index contributed by atoms with van der Waals surface area (Å²) in [6, 6.07) is 4.35. The summed E-state index contributed by atoms with van der Waals surface area (Å²) in [6.07, 6.45) is 3.53. The summed E-state index contributed by atoms with van der Waals surface area (Å²) in [5.74, 6) is 1.29.